The predicted molar refractivity (Wildman–Crippen MR) is 80.6 cm³/mol. The Morgan fingerprint density at radius 2 is 1.80 bits per heavy atom. The van der Waals surface area contributed by atoms with Crippen LogP contribution in [0.25, 0.3) is 0 Å². The second-order valence-electron chi connectivity index (χ2n) is 6.03. The maximum absolute atomic E-state index is 12.6. The predicted octanol–water partition coefficient (Wildman–Crippen LogP) is 2.20. The fraction of sp³-hybridized carbons (Fsp3) is 0.533. The second-order valence-corrected chi connectivity index (χ2v) is 8.27. The first-order valence-corrected chi connectivity index (χ1v) is 8.13. The van der Waals surface area contributed by atoms with Gasteiger partial charge in [-0.25, -0.2) is 8.42 Å². The first-order valence-electron chi connectivity index (χ1n) is 6.58. The second kappa shape index (κ2) is 5.56. The van der Waals surface area contributed by atoms with Crippen LogP contribution >= 0.6 is 0 Å². The highest BCUT2D eigenvalue weighted by Gasteiger charge is 2.31. The van der Waals surface area contributed by atoms with Gasteiger partial charge >= 0.3 is 0 Å². The fourth-order valence-electron chi connectivity index (χ4n) is 1.91. The Hall–Kier alpha value is -1.36. The average Bonchev–Trinajstić information content (AvgIpc) is 2.35. The molecule has 4 nitrogen and oxygen atoms in total. The molecule has 0 aliphatic heterocycles. The smallest absolute Gasteiger partial charge is 0.238 e. The lowest BCUT2D eigenvalue weighted by Crippen LogP contribution is -2.36. The van der Waals surface area contributed by atoms with Crippen molar-refractivity contribution in [1.82, 2.24) is 5.32 Å². The Bertz CT molecular complexity index is 612. The molecule has 0 heterocycles. The van der Waals surface area contributed by atoms with Gasteiger partial charge in [-0.3, -0.25) is 4.79 Å². The lowest BCUT2D eigenvalue weighted by atomic mass is 9.87. The molecule has 20 heavy (non-hydrogen) atoms. The van der Waals surface area contributed by atoms with Crippen LogP contribution in [0.3, 0.4) is 0 Å². The van der Waals surface area contributed by atoms with Gasteiger partial charge in [-0.1, -0.05) is 32.9 Å². The molecule has 0 saturated heterocycles. The number of amides is 1. The number of aryl methyl sites for hydroxylation is 1. The topological polar surface area (TPSA) is 63.2 Å². The summed E-state index contributed by atoms with van der Waals surface area (Å²) in [4.78, 5) is 11.9. The summed E-state index contributed by atoms with van der Waals surface area (Å²) in [5.41, 5.74) is 1.45. The van der Waals surface area contributed by atoms with E-state index < -0.39 is 21.0 Å². The minimum absolute atomic E-state index is 0.145. The molecular formula is C15H23NO3S. The Labute approximate surface area is 121 Å². The molecule has 1 N–H and O–H groups in total. The van der Waals surface area contributed by atoms with E-state index >= 15 is 0 Å². The van der Waals surface area contributed by atoms with E-state index in [1.165, 1.54) is 14.0 Å². The number of hydrogen-bond donors (Lipinski definition) is 1. The van der Waals surface area contributed by atoms with E-state index in [4.69, 9.17) is 0 Å². The number of carbonyl (C=O) groups excluding carboxylic acids is 1. The summed E-state index contributed by atoms with van der Waals surface area (Å²) >= 11 is 0. The van der Waals surface area contributed by atoms with Crippen LogP contribution < -0.4 is 5.32 Å². The van der Waals surface area contributed by atoms with Crippen LogP contribution in [0.15, 0.2) is 23.1 Å². The van der Waals surface area contributed by atoms with Crippen LogP contribution in [-0.2, 0) is 20.0 Å². The standard InChI is InChI=1S/C15H23NO3S/c1-10-7-8-12(15(3,4)5)9-13(10)20(18,19)11(2)14(17)16-6/h7-9,11H,1-6H3,(H,16,17)/t11-/m0/s1. The molecule has 1 atom stereocenters. The van der Waals surface area contributed by atoms with Crippen LogP contribution in [0.4, 0.5) is 0 Å². The van der Waals surface area contributed by atoms with Crippen molar-refractivity contribution in [1.29, 1.82) is 0 Å². The molecule has 5 heteroatoms. The zero-order valence-corrected chi connectivity index (χ0v) is 13.8. The molecule has 0 saturated carbocycles. The SMILES string of the molecule is CNC(=O)[C@H](C)S(=O)(=O)c1cc(C(C)(C)C)ccc1C. The third kappa shape index (κ3) is 3.20. The molecule has 0 aliphatic rings. The third-order valence-corrected chi connectivity index (χ3v) is 5.64. The van der Waals surface area contributed by atoms with Crippen molar-refractivity contribution >= 4 is 15.7 Å². The average molecular weight is 297 g/mol. The summed E-state index contributed by atoms with van der Waals surface area (Å²) in [5, 5.41) is 1.29. The van der Waals surface area contributed by atoms with Gasteiger partial charge in [0.15, 0.2) is 9.84 Å². The normalized spacial score (nSPS) is 13.9. The quantitative estimate of drug-likeness (QED) is 0.930. The maximum atomic E-state index is 12.6. The Balaban J connectivity index is 3.42. The molecule has 112 valence electrons. The van der Waals surface area contributed by atoms with Crippen molar-refractivity contribution in [3.63, 3.8) is 0 Å². The molecule has 0 unspecified atom stereocenters. The van der Waals surface area contributed by atoms with E-state index in [2.05, 4.69) is 5.32 Å². The van der Waals surface area contributed by atoms with Crippen LogP contribution in [0.2, 0.25) is 0 Å². The minimum Gasteiger partial charge on any atom is -0.358 e. The van der Waals surface area contributed by atoms with Gasteiger partial charge in [-0.2, -0.15) is 0 Å². The largest absolute Gasteiger partial charge is 0.358 e. The molecule has 1 rings (SSSR count). The van der Waals surface area contributed by atoms with E-state index in [1.807, 2.05) is 26.8 Å². The number of sulfone groups is 1. The van der Waals surface area contributed by atoms with E-state index in [1.54, 1.807) is 19.1 Å². The highest BCUT2D eigenvalue weighted by molar-refractivity contribution is 7.92. The molecule has 1 aromatic rings. The summed E-state index contributed by atoms with van der Waals surface area (Å²) in [6, 6.07) is 5.41. The molecule has 0 spiro atoms. The van der Waals surface area contributed by atoms with Gasteiger partial charge in [-0.15, -0.1) is 0 Å². The molecular weight excluding hydrogens is 274 g/mol. The van der Waals surface area contributed by atoms with Crippen molar-refractivity contribution in [3.05, 3.63) is 29.3 Å². The Morgan fingerprint density at radius 1 is 1.25 bits per heavy atom. The lowest BCUT2D eigenvalue weighted by Gasteiger charge is -2.21. The first-order chi connectivity index (χ1) is 9.01. The summed E-state index contributed by atoms with van der Waals surface area (Å²) in [6.07, 6.45) is 0. The molecule has 0 aliphatic carbocycles. The van der Waals surface area contributed by atoms with Crippen molar-refractivity contribution in [2.75, 3.05) is 7.05 Å². The summed E-state index contributed by atoms with van der Waals surface area (Å²) in [6.45, 7) is 9.23. The van der Waals surface area contributed by atoms with Gasteiger partial charge in [0.25, 0.3) is 0 Å². The van der Waals surface area contributed by atoms with Gasteiger partial charge in [0.2, 0.25) is 5.91 Å². The molecule has 0 bridgehead atoms. The van der Waals surface area contributed by atoms with Crippen molar-refractivity contribution in [2.24, 2.45) is 0 Å². The molecule has 1 amide bonds. The van der Waals surface area contributed by atoms with Gasteiger partial charge in [0.05, 0.1) is 4.90 Å². The van der Waals surface area contributed by atoms with Gasteiger partial charge in [-0.05, 0) is 36.5 Å². The Morgan fingerprint density at radius 3 is 2.25 bits per heavy atom. The van der Waals surface area contributed by atoms with E-state index in [-0.39, 0.29) is 10.3 Å². The minimum atomic E-state index is -3.68. The number of hydrogen-bond acceptors (Lipinski definition) is 3. The first kappa shape index (κ1) is 16.7. The van der Waals surface area contributed by atoms with Crippen molar-refractivity contribution in [2.45, 2.75) is 50.2 Å². The van der Waals surface area contributed by atoms with Crippen LogP contribution in [-0.4, -0.2) is 26.6 Å². The highest BCUT2D eigenvalue weighted by Crippen LogP contribution is 2.28. The molecule has 0 fully saturated rings. The van der Waals surface area contributed by atoms with Gasteiger partial charge in [0, 0.05) is 7.05 Å². The monoisotopic (exact) mass is 297 g/mol. The highest BCUT2D eigenvalue weighted by atomic mass is 32.2. The zero-order chi connectivity index (χ0) is 15.7. The zero-order valence-electron chi connectivity index (χ0n) is 12.9. The number of nitrogens with one attached hydrogen (secondary N) is 1. The van der Waals surface area contributed by atoms with Crippen LogP contribution in [0.5, 0.6) is 0 Å². The Kier molecular flexibility index (Phi) is 4.64. The lowest BCUT2D eigenvalue weighted by molar-refractivity contribution is -0.119. The van der Waals surface area contributed by atoms with Gasteiger partial charge in [0.1, 0.15) is 5.25 Å². The molecule has 0 radical (unpaired) electrons. The molecule has 1 aromatic carbocycles. The van der Waals surface area contributed by atoms with E-state index in [0.717, 1.165) is 5.56 Å². The number of carbonyl (C=O) groups is 1. The number of rotatable bonds is 3. The fourth-order valence-corrected chi connectivity index (χ4v) is 3.50. The van der Waals surface area contributed by atoms with E-state index in [0.29, 0.717) is 5.56 Å². The third-order valence-electron chi connectivity index (χ3n) is 3.44. The van der Waals surface area contributed by atoms with Crippen LogP contribution in [0.1, 0.15) is 38.8 Å². The summed E-state index contributed by atoms with van der Waals surface area (Å²) in [7, 11) is -2.24. The van der Waals surface area contributed by atoms with Crippen molar-refractivity contribution in [3.8, 4) is 0 Å². The van der Waals surface area contributed by atoms with Crippen molar-refractivity contribution < 1.29 is 13.2 Å². The van der Waals surface area contributed by atoms with Gasteiger partial charge < -0.3 is 5.32 Å². The van der Waals surface area contributed by atoms with E-state index in [9.17, 15) is 13.2 Å². The molecule has 0 aromatic heterocycles. The number of benzene rings is 1. The summed E-state index contributed by atoms with van der Waals surface area (Å²) in [5.74, 6) is -0.495. The maximum Gasteiger partial charge on any atom is 0.238 e. The van der Waals surface area contributed by atoms with Crippen LogP contribution in [0, 0.1) is 6.92 Å². The summed E-state index contributed by atoms with van der Waals surface area (Å²) < 4.78 is 25.1.